The highest BCUT2D eigenvalue weighted by Gasteiger charge is 2.54. The van der Waals surface area contributed by atoms with Crippen molar-refractivity contribution in [2.45, 2.75) is 116 Å². The normalized spacial score (nSPS) is 14.7. The molecule has 0 amide bonds. The van der Waals surface area contributed by atoms with Crippen LogP contribution in [0.4, 0.5) is 17.1 Å². The summed E-state index contributed by atoms with van der Waals surface area (Å²) in [5.41, 5.74) is 27.2. The summed E-state index contributed by atoms with van der Waals surface area (Å²) in [5.74, 6) is 1.80. The highest BCUT2D eigenvalue weighted by atomic mass is 16.5. The summed E-state index contributed by atoms with van der Waals surface area (Å²) in [4.78, 5) is 2.59. The Morgan fingerprint density at radius 3 is 1.11 bits per heavy atom. The lowest BCUT2D eigenvalue weighted by molar-refractivity contribution is 0.433. The number of ether oxygens (including phenoxy) is 1. The standard InChI is InChI=1S/C82H73NO/c1-77(2,3)51-32-38-61-62-39-33-52(78(4,5)6)45-69(62)81(68(61)44-51)66-29-18-15-25-59(66)63-40-36-55(48-70(63)81)83(74-31-20-17-27-65(74)58-28-21-23-50-22-13-14-24-57(50)58)56-37-41-64-60-26-16-19-30-67(60)82(71(64)49-56)72-46-53(79(7,8)9)34-42-75(72)84-76-43-35-54(47-73(76)82)80(10,11)12/h13-49H,1-12H3. The first-order valence-electron chi connectivity index (χ1n) is 30.3. The molecule has 2 spiro atoms. The van der Waals surface area contributed by atoms with Gasteiger partial charge in [0.25, 0.3) is 0 Å². The van der Waals surface area contributed by atoms with E-state index in [0.717, 1.165) is 28.6 Å². The molecule has 0 N–H and O–H groups in total. The number of hydrogen-bond donors (Lipinski definition) is 0. The second-order valence-electron chi connectivity index (χ2n) is 28.5. The third kappa shape index (κ3) is 7.41. The van der Waals surface area contributed by atoms with E-state index >= 15 is 0 Å². The minimum absolute atomic E-state index is 0.0643. The van der Waals surface area contributed by atoms with E-state index in [0.29, 0.717) is 0 Å². The molecule has 11 aromatic rings. The van der Waals surface area contributed by atoms with Crippen molar-refractivity contribution < 1.29 is 4.74 Å². The van der Waals surface area contributed by atoms with Crippen LogP contribution in [0.1, 0.15) is 150 Å². The maximum Gasteiger partial charge on any atom is 0.132 e. The predicted octanol–water partition coefficient (Wildman–Crippen LogP) is 22.0. The highest BCUT2D eigenvalue weighted by Crippen LogP contribution is 2.66. The SMILES string of the molecule is CC(C)(C)c1ccc2c(c1)C1(c3cc(C(C)(C)C)ccc3O2)c2ccccc2-c2ccc(N(c3ccc4c(c3)C3(c5ccccc5-4)c4cc(C(C)(C)C)ccc4-c4ccc(C(C)(C)C)cc43)c3ccccc3-c3cccc4ccccc34)cc21. The molecule has 3 aliphatic carbocycles. The number of para-hydroxylation sites is 1. The van der Waals surface area contributed by atoms with Crippen molar-refractivity contribution in [2.75, 3.05) is 4.90 Å². The number of anilines is 3. The van der Waals surface area contributed by atoms with Gasteiger partial charge in [-0.15, -0.1) is 0 Å². The van der Waals surface area contributed by atoms with Gasteiger partial charge in [-0.1, -0.05) is 253 Å². The predicted molar refractivity (Wildman–Crippen MR) is 353 cm³/mol. The van der Waals surface area contributed by atoms with E-state index in [2.05, 4.69) is 312 Å². The summed E-state index contributed by atoms with van der Waals surface area (Å²) in [6.45, 7) is 28.1. The van der Waals surface area contributed by atoms with Crippen molar-refractivity contribution >= 4 is 27.8 Å². The average molecular weight is 1090 g/mol. The summed E-state index contributed by atoms with van der Waals surface area (Å²) in [7, 11) is 0. The molecule has 11 aromatic carbocycles. The average Bonchev–Trinajstić information content (AvgIpc) is 1.79. The summed E-state index contributed by atoms with van der Waals surface area (Å²) in [6.07, 6.45) is 0. The minimum Gasteiger partial charge on any atom is -0.457 e. The van der Waals surface area contributed by atoms with Gasteiger partial charge in [-0.2, -0.15) is 0 Å². The van der Waals surface area contributed by atoms with Gasteiger partial charge in [0.1, 0.15) is 11.5 Å². The van der Waals surface area contributed by atoms with E-state index in [1.807, 2.05) is 0 Å². The zero-order chi connectivity index (χ0) is 58.0. The monoisotopic (exact) mass is 1090 g/mol. The molecular weight excluding hydrogens is 1010 g/mol. The maximum atomic E-state index is 7.15. The van der Waals surface area contributed by atoms with E-state index in [9.17, 15) is 0 Å². The molecule has 1 aliphatic heterocycles. The maximum absolute atomic E-state index is 7.15. The number of benzene rings is 11. The second-order valence-corrected chi connectivity index (χ2v) is 28.5. The lowest BCUT2D eigenvalue weighted by Crippen LogP contribution is -2.33. The van der Waals surface area contributed by atoms with Crippen LogP contribution in [0.3, 0.4) is 0 Å². The van der Waals surface area contributed by atoms with Crippen LogP contribution in [0, 0.1) is 0 Å². The summed E-state index contributed by atoms with van der Waals surface area (Å²) < 4.78 is 7.15. The summed E-state index contributed by atoms with van der Waals surface area (Å²) in [6, 6.07) is 86.7. The molecule has 84 heavy (non-hydrogen) atoms. The smallest absolute Gasteiger partial charge is 0.132 e. The van der Waals surface area contributed by atoms with E-state index in [1.54, 1.807) is 0 Å². The highest BCUT2D eigenvalue weighted by molar-refractivity contribution is 6.03. The molecule has 0 bridgehead atoms. The zero-order valence-corrected chi connectivity index (χ0v) is 50.7. The topological polar surface area (TPSA) is 12.5 Å². The van der Waals surface area contributed by atoms with Gasteiger partial charge in [0.2, 0.25) is 0 Å². The van der Waals surface area contributed by atoms with Gasteiger partial charge in [-0.25, -0.2) is 0 Å². The van der Waals surface area contributed by atoms with Crippen LogP contribution in [-0.4, -0.2) is 0 Å². The molecule has 0 radical (unpaired) electrons. The van der Waals surface area contributed by atoms with Crippen molar-refractivity contribution in [1.29, 1.82) is 0 Å². The van der Waals surface area contributed by atoms with Crippen molar-refractivity contribution in [3.8, 4) is 56.0 Å². The number of nitrogens with zero attached hydrogens (tertiary/aromatic N) is 1. The van der Waals surface area contributed by atoms with Crippen LogP contribution in [-0.2, 0) is 32.5 Å². The van der Waals surface area contributed by atoms with Crippen LogP contribution in [0.5, 0.6) is 11.5 Å². The number of fused-ring (bicyclic) bond motifs is 20. The molecule has 0 unspecified atom stereocenters. The van der Waals surface area contributed by atoms with Crippen LogP contribution in [0.2, 0.25) is 0 Å². The fourth-order valence-electron chi connectivity index (χ4n) is 15.0. The van der Waals surface area contributed by atoms with Gasteiger partial charge < -0.3 is 9.64 Å². The Morgan fingerprint density at radius 2 is 0.619 bits per heavy atom. The van der Waals surface area contributed by atoms with E-state index < -0.39 is 10.8 Å². The third-order valence-corrected chi connectivity index (χ3v) is 19.4. The molecule has 15 rings (SSSR count). The lowest BCUT2D eigenvalue weighted by atomic mass is 9.64. The van der Waals surface area contributed by atoms with E-state index in [-0.39, 0.29) is 21.7 Å². The molecule has 4 aliphatic rings. The van der Waals surface area contributed by atoms with Gasteiger partial charge >= 0.3 is 0 Å². The van der Waals surface area contributed by atoms with Gasteiger partial charge in [-0.05, 0) is 182 Å². The Kier molecular flexibility index (Phi) is 11.1. The largest absolute Gasteiger partial charge is 0.457 e. The van der Waals surface area contributed by atoms with Crippen LogP contribution in [0.15, 0.2) is 224 Å². The zero-order valence-electron chi connectivity index (χ0n) is 50.7. The molecule has 1 heterocycles. The molecule has 2 heteroatoms. The van der Waals surface area contributed by atoms with Crippen molar-refractivity contribution in [3.05, 3.63) is 291 Å². The molecule has 2 nitrogen and oxygen atoms in total. The van der Waals surface area contributed by atoms with Crippen LogP contribution in [0.25, 0.3) is 55.3 Å². The van der Waals surface area contributed by atoms with Gasteiger partial charge in [0.05, 0.1) is 16.5 Å². The van der Waals surface area contributed by atoms with E-state index in [1.165, 1.54) is 122 Å². The first-order valence-corrected chi connectivity index (χ1v) is 30.3. The van der Waals surface area contributed by atoms with Crippen molar-refractivity contribution in [2.24, 2.45) is 0 Å². The summed E-state index contributed by atoms with van der Waals surface area (Å²) in [5, 5.41) is 2.44. The Hall–Kier alpha value is -8.72. The van der Waals surface area contributed by atoms with Crippen LogP contribution < -0.4 is 9.64 Å². The van der Waals surface area contributed by atoms with Gasteiger partial charge in [-0.3, -0.25) is 0 Å². The fourth-order valence-corrected chi connectivity index (χ4v) is 15.0. The minimum atomic E-state index is -0.718. The molecule has 0 aromatic heterocycles. The Labute approximate surface area is 497 Å². The molecular formula is C82H73NO. The van der Waals surface area contributed by atoms with Gasteiger partial charge in [0, 0.05) is 28.1 Å². The molecule has 412 valence electrons. The summed E-state index contributed by atoms with van der Waals surface area (Å²) >= 11 is 0. The molecule has 0 atom stereocenters. The fraction of sp³-hybridized carbons (Fsp3) is 0.220. The van der Waals surface area contributed by atoms with Crippen molar-refractivity contribution in [3.63, 3.8) is 0 Å². The van der Waals surface area contributed by atoms with Crippen molar-refractivity contribution in [1.82, 2.24) is 0 Å². The first-order chi connectivity index (χ1) is 40.2. The molecule has 0 saturated carbocycles. The Balaban J connectivity index is 1.06. The van der Waals surface area contributed by atoms with E-state index in [4.69, 9.17) is 4.74 Å². The second kappa shape index (κ2) is 17.9. The quantitative estimate of drug-likeness (QED) is 0.174. The number of hydrogen-bond acceptors (Lipinski definition) is 2. The lowest BCUT2D eigenvalue weighted by Gasteiger charge is -2.41. The third-order valence-electron chi connectivity index (χ3n) is 19.4. The first kappa shape index (κ1) is 52.1. The Morgan fingerprint density at radius 1 is 0.274 bits per heavy atom. The number of rotatable bonds is 4. The molecule has 0 saturated heterocycles. The Bertz CT molecular complexity index is 4440. The van der Waals surface area contributed by atoms with Gasteiger partial charge in [0.15, 0.2) is 0 Å². The van der Waals surface area contributed by atoms with Crippen LogP contribution >= 0.6 is 0 Å². The molecule has 0 fully saturated rings.